The van der Waals surface area contributed by atoms with Crippen LogP contribution in [-0.4, -0.2) is 14.5 Å². The van der Waals surface area contributed by atoms with Gasteiger partial charge in [-0.25, -0.2) is 13.1 Å². The molecule has 1 aliphatic carbocycles. The molecule has 82 valence electrons. The molecule has 1 aliphatic rings. The smallest absolute Gasteiger partial charge is 0.241 e. The van der Waals surface area contributed by atoms with Crippen molar-refractivity contribution in [3.63, 3.8) is 0 Å². The van der Waals surface area contributed by atoms with Crippen LogP contribution in [0.3, 0.4) is 0 Å². The number of anilines is 1. The molecular weight excluding hydrogens is 280 g/mol. The van der Waals surface area contributed by atoms with Crippen LogP contribution in [0.15, 0.2) is 27.6 Å². The molecule has 2 rings (SSSR count). The van der Waals surface area contributed by atoms with Gasteiger partial charge in [0.05, 0.1) is 4.90 Å². The molecule has 1 aromatic carbocycles. The van der Waals surface area contributed by atoms with Crippen LogP contribution >= 0.6 is 15.9 Å². The van der Waals surface area contributed by atoms with E-state index < -0.39 is 10.0 Å². The third-order valence-corrected chi connectivity index (χ3v) is 4.64. The molecule has 1 saturated carbocycles. The number of halogens is 1. The fourth-order valence-corrected chi connectivity index (χ4v) is 3.62. The standard InChI is InChI=1S/C9H11BrN2O2S/c10-8-5-6(11)1-4-9(8)15(13,14)12-7-2-3-7/h1,4-5,7,12H,2-3,11H2. The lowest BCUT2D eigenvalue weighted by Crippen LogP contribution is -2.26. The number of hydrogen-bond acceptors (Lipinski definition) is 3. The second-order valence-corrected chi connectivity index (χ2v) is 6.12. The third-order valence-electron chi connectivity index (χ3n) is 2.14. The summed E-state index contributed by atoms with van der Waals surface area (Å²) in [5, 5.41) is 0. The summed E-state index contributed by atoms with van der Waals surface area (Å²) in [5.74, 6) is 0. The molecule has 0 heterocycles. The minimum atomic E-state index is -3.40. The number of hydrogen-bond donors (Lipinski definition) is 2. The summed E-state index contributed by atoms with van der Waals surface area (Å²) in [7, 11) is -3.40. The Kier molecular flexibility index (Phi) is 2.74. The Morgan fingerprint density at radius 1 is 1.40 bits per heavy atom. The van der Waals surface area contributed by atoms with Gasteiger partial charge in [-0.2, -0.15) is 0 Å². The van der Waals surface area contributed by atoms with Crippen molar-refractivity contribution in [2.75, 3.05) is 5.73 Å². The molecule has 1 fully saturated rings. The second-order valence-electron chi connectivity index (χ2n) is 3.59. The first-order valence-electron chi connectivity index (χ1n) is 4.56. The third kappa shape index (κ3) is 2.50. The highest BCUT2D eigenvalue weighted by atomic mass is 79.9. The number of sulfonamides is 1. The van der Waals surface area contributed by atoms with Crippen molar-refractivity contribution in [2.24, 2.45) is 0 Å². The van der Waals surface area contributed by atoms with Gasteiger partial charge in [0.25, 0.3) is 0 Å². The highest BCUT2D eigenvalue weighted by Crippen LogP contribution is 2.27. The van der Waals surface area contributed by atoms with Crippen LogP contribution in [0.1, 0.15) is 12.8 Å². The summed E-state index contributed by atoms with van der Waals surface area (Å²) in [4.78, 5) is 0.239. The largest absolute Gasteiger partial charge is 0.399 e. The summed E-state index contributed by atoms with van der Waals surface area (Å²) in [6, 6.07) is 4.78. The van der Waals surface area contributed by atoms with E-state index in [-0.39, 0.29) is 10.9 Å². The zero-order valence-corrected chi connectivity index (χ0v) is 10.3. The molecule has 0 atom stereocenters. The number of nitrogen functional groups attached to an aromatic ring is 1. The quantitative estimate of drug-likeness (QED) is 0.828. The molecule has 0 spiro atoms. The van der Waals surface area contributed by atoms with Gasteiger partial charge in [0.15, 0.2) is 0 Å². The minimum Gasteiger partial charge on any atom is -0.399 e. The van der Waals surface area contributed by atoms with Crippen molar-refractivity contribution in [1.29, 1.82) is 0 Å². The highest BCUT2D eigenvalue weighted by molar-refractivity contribution is 9.10. The number of nitrogens with two attached hydrogens (primary N) is 1. The molecular formula is C9H11BrN2O2S. The van der Waals surface area contributed by atoms with Crippen molar-refractivity contribution >= 4 is 31.6 Å². The van der Waals surface area contributed by atoms with Gasteiger partial charge in [0.1, 0.15) is 0 Å². The maximum atomic E-state index is 11.8. The van der Waals surface area contributed by atoms with Crippen LogP contribution in [0.5, 0.6) is 0 Å². The molecule has 0 saturated heterocycles. The molecule has 15 heavy (non-hydrogen) atoms. The van der Waals surface area contributed by atoms with Gasteiger partial charge in [0.2, 0.25) is 10.0 Å². The molecule has 6 heteroatoms. The van der Waals surface area contributed by atoms with E-state index in [4.69, 9.17) is 5.73 Å². The summed E-state index contributed by atoms with van der Waals surface area (Å²) in [6.45, 7) is 0. The zero-order valence-electron chi connectivity index (χ0n) is 7.90. The van der Waals surface area contributed by atoms with Gasteiger partial charge in [-0.05, 0) is 47.0 Å². The Morgan fingerprint density at radius 3 is 2.60 bits per heavy atom. The van der Waals surface area contributed by atoms with E-state index in [2.05, 4.69) is 20.7 Å². The van der Waals surface area contributed by atoms with E-state index in [9.17, 15) is 8.42 Å². The number of benzene rings is 1. The Balaban J connectivity index is 2.34. The first-order chi connectivity index (χ1) is 6.99. The summed E-state index contributed by atoms with van der Waals surface area (Å²) < 4.78 is 26.8. The fraction of sp³-hybridized carbons (Fsp3) is 0.333. The topological polar surface area (TPSA) is 72.2 Å². The lowest BCUT2D eigenvalue weighted by Gasteiger charge is -2.07. The van der Waals surface area contributed by atoms with E-state index in [0.29, 0.717) is 10.2 Å². The SMILES string of the molecule is Nc1ccc(S(=O)(=O)NC2CC2)c(Br)c1. The fourth-order valence-electron chi connectivity index (χ4n) is 1.22. The van der Waals surface area contributed by atoms with Crippen LogP contribution < -0.4 is 10.5 Å². The predicted molar refractivity (Wildman–Crippen MR) is 61.9 cm³/mol. The summed E-state index contributed by atoms with van der Waals surface area (Å²) >= 11 is 3.19. The van der Waals surface area contributed by atoms with Crippen LogP contribution in [0, 0.1) is 0 Å². The lowest BCUT2D eigenvalue weighted by atomic mass is 10.3. The maximum absolute atomic E-state index is 11.8. The van der Waals surface area contributed by atoms with Crippen molar-refractivity contribution in [3.8, 4) is 0 Å². The maximum Gasteiger partial charge on any atom is 0.241 e. The average Bonchev–Trinajstić information content (AvgIpc) is 2.86. The second kappa shape index (κ2) is 3.77. The van der Waals surface area contributed by atoms with Gasteiger partial charge >= 0.3 is 0 Å². The van der Waals surface area contributed by atoms with Crippen LogP contribution in [0.2, 0.25) is 0 Å². The molecule has 4 nitrogen and oxygen atoms in total. The van der Waals surface area contributed by atoms with E-state index >= 15 is 0 Å². The van der Waals surface area contributed by atoms with Gasteiger partial charge in [0, 0.05) is 16.2 Å². The summed E-state index contributed by atoms with van der Waals surface area (Å²) in [5.41, 5.74) is 6.07. The van der Waals surface area contributed by atoms with Crippen LogP contribution in [0.25, 0.3) is 0 Å². The zero-order chi connectivity index (χ0) is 11.1. The van der Waals surface area contributed by atoms with Crippen LogP contribution in [-0.2, 0) is 10.0 Å². The minimum absolute atomic E-state index is 0.111. The Hall–Kier alpha value is -0.590. The van der Waals surface area contributed by atoms with Crippen LogP contribution in [0.4, 0.5) is 5.69 Å². The number of rotatable bonds is 3. The normalized spacial score (nSPS) is 16.6. The van der Waals surface area contributed by atoms with Gasteiger partial charge in [-0.3, -0.25) is 0 Å². The van der Waals surface area contributed by atoms with Gasteiger partial charge in [-0.15, -0.1) is 0 Å². The molecule has 1 aromatic rings. The van der Waals surface area contributed by atoms with E-state index in [1.165, 1.54) is 6.07 Å². The van der Waals surface area contributed by atoms with Crippen molar-refractivity contribution in [3.05, 3.63) is 22.7 Å². The molecule has 0 radical (unpaired) electrons. The van der Waals surface area contributed by atoms with E-state index in [1.807, 2.05) is 0 Å². The monoisotopic (exact) mass is 290 g/mol. The molecule has 0 unspecified atom stereocenters. The summed E-state index contributed by atoms with van der Waals surface area (Å²) in [6.07, 6.45) is 1.84. The Morgan fingerprint density at radius 2 is 2.07 bits per heavy atom. The van der Waals surface area contributed by atoms with E-state index in [0.717, 1.165) is 12.8 Å². The number of nitrogens with one attached hydrogen (secondary N) is 1. The lowest BCUT2D eigenvalue weighted by molar-refractivity contribution is 0.580. The van der Waals surface area contributed by atoms with Gasteiger partial charge in [-0.1, -0.05) is 0 Å². The Bertz CT molecular complexity index is 483. The predicted octanol–water partition coefficient (Wildman–Crippen LogP) is 1.47. The average molecular weight is 291 g/mol. The molecule has 0 aromatic heterocycles. The van der Waals surface area contributed by atoms with Crippen molar-refractivity contribution in [1.82, 2.24) is 4.72 Å². The van der Waals surface area contributed by atoms with Crippen molar-refractivity contribution < 1.29 is 8.42 Å². The first-order valence-corrected chi connectivity index (χ1v) is 6.84. The molecule has 3 N–H and O–H groups in total. The molecule has 0 amide bonds. The van der Waals surface area contributed by atoms with Crippen molar-refractivity contribution in [2.45, 2.75) is 23.8 Å². The van der Waals surface area contributed by atoms with Gasteiger partial charge < -0.3 is 5.73 Å². The first kappa shape index (κ1) is 10.9. The highest BCUT2D eigenvalue weighted by Gasteiger charge is 2.28. The van der Waals surface area contributed by atoms with E-state index in [1.54, 1.807) is 12.1 Å². The Labute approximate surface area is 97.0 Å². The molecule has 0 bridgehead atoms. The molecule has 0 aliphatic heterocycles.